The average molecular weight is 251 g/mol. The highest BCUT2D eigenvalue weighted by molar-refractivity contribution is 7.98. The van der Waals surface area contributed by atoms with Crippen LogP contribution in [0.1, 0.15) is 44.5 Å². The molecule has 0 aliphatic carbocycles. The third kappa shape index (κ3) is 3.35. The van der Waals surface area contributed by atoms with Crippen LogP contribution in [0.2, 0.25) is 0 Å². The molecule has 0 saturated heterocycles. The molecule has 0 bridgehead atoms. The molecule has 2 heteroatoms. The molecule has 0 fully saturated rings. The molecule has 0 N–H and O–H groups in total. The van der Waals surface area contributed by atoms with Gasteiger partial charge in [-0.2, -0.15) is 0 Å². The topological polar surface area (TPSA) is 17.1 Å². The van der Waals surface area contributed by atoms with Crippen LogP contribution in [-0.2, 0) is 10.9 Å². The third-order valence-corrected chi connectivity index (χ3v) is 6.33. The molecule has 1 unspecified atom stereocenters. The number of hydrogen-bond donors (Lipinski definition) is 0. The molecule has 0 spiro atoms. The predicted octanol–water partition coefficient (Wildman–Crippen LogP) is 3.70. The molecule has 0 aliphatic rings. The highest BCUT2D eigenvalue weighted by atomic mass is 32.2. The Kier molecular flexibility index (Phi) is 5.26. The summed E-state index contributed by atoms with van der Waals surface area (Å²) in [4.78, 5) is 12.5. The zero-order valence-corrected chi connectivity index (χ0v) is 12.1. The molecule has 1 nitrogen and oxygen atoms in total. The molecule has 17 heavy (non-hydrogen) atoms. The number of benzene rings is 1. The van der Waals surface area contributed by atoms with Crippen LogP contribution in [0.15, 0.2) is 30.3 Å². The van der Waals surface area contributed by atoms with Gasteiger partial charge in [0.15, 0.2) is 4.75 Å². The zero-order chi connectivity index (χ0) is 12.9. The molecule has 0 saturated carbocycles. The Bertz CT molecular complexity index is 356. The van der Waals surface area contributed by atoms with Crippen LogP contribution < -0.4 is 0 Å². The maximum atomic E-state index is 12.5. The van der Waals surface area contributed by atoms with Crippen molar-refractivity contribution in [1.29, 1.82) is 0 Å². The normalized spacial score (nSPS) is 13.4. The van der Waals surface area contributed by atoms with E-state index in [4.69, 9.17) is 0 Å². The Morgan fingerprint density at radius 2 is 1.76 bits per heavy atom. The smallest absolute Gasteiger partial charge is 0.217 e. The van der Waals surface area contributed by atoms with Crippen molar-refractivity contribution < 1.29 is 4.79 Å². The van der Waals surface area contributed by atoms with E-state index >= 15 is 0 Å². The van der Waals surface area contributed by atoms with Gasteiger partial charge in [0.25, 0.3) is 0 Å². The van der Waals surface area contributed by atoms with E-state index in [0.717, 1.165) is 23.5 Å². The molecule has 0 aliphatic heterocycles. The molecule has 1 aromatic rings. The lowest BCUT2D eigenvalue weighted by Gasteiger charge is -2.24. The van der Waals surface area contributed by atoms with E-state index in [1.165, 1.54) is 0 Å². The Labute approximate surface area is 108 Å². The minimum atomic E-state index is -0.230. The van der Waals surface area contributed by atoms with Crippen LogP contribution in [0.5, 0.6) is 0 Å². The fourth-order valence-corrected chi connectivity index (χ4v) is 4.47. The fraction of sp³-hybridized carbons (Fsp3) is 0.533. The first-order valence-corrected chi connectivity index (χ1v) is 7.87. The van der Waals surface area contributed by atoms with Gasteiger partial charge in [0.2, 0.25) is 5.78 Å². The van der Waals surface area contributed by atoms with Crippen molar-refractivity contribution in [2.24, 2.45) is 0 Å². The summed E-state index contributed by atoms with van der Waals surface area (Å²) in [5.74, 6) is 2.54. The second kappa shape index (κ2) is 6.25. The van der Waals surface area contributed by atoms with Gasteiger partial charge in [-0.05, 0) is 27.2 Å². The van der Waals surface area contributed by atoms with Gasteiger partial charge in [-0.3, -0.25) is 4.79 Å². The Morgan fingerprint density at radius 3 is 2.24 bits per heavy atom. The number of rotatable bonds is 6. The van der Waals surface area contributed by atoms with Gasteiger partial charge >= 0.3 is 0 Å². The highest BCUT2D eigenvalue weighted by Crippen LogP contribution is 2.25. The standard InChI is InChI=1S/C15H23OS/c1-5-12-17(6-2)15(3,4)14(16)13-10-8-7-9-11-13/h7-11H,5-6,12H2,1-4H3/q+1. The third-order valence-electron chi connectivity index (χ3n) is 3.10. The Morgan fingerprint density at radius 1 is 1.18 bits per heavy atom. The maximum Gasteiger partial charge on any atom is 0.217 e. The van der Waals surface area contributed by atoms with Gasteiger partial charge in [-0.25, -0.2) is 0 Å². The molecule has 1 atom stereocenters. The SMILES string of the molecule is CCC[S+](CC)C(C)(C)C(=O)c1ccccc1. The van der Waals surface area contributed by atoms with E-state index in [1.807, 2.05) is 30.3 Å². The molecule has 0 amide bonds. The first-order valence-electron chi connectivity index (χ1n) is 6.31. The van der Waals surface area contributed by atoms with Crippen molar-refractivity contribution in [3.05, 3.63) is 35.9 Å². The van der Waals surface area contributed by atoms with Gasteiger partial charge in [0.05, 0.1) is 0 Å². The maximum absolute atomic E-state index is 12.5. The van der Waals surface area contributed by atoms with Crippen molar-refractivity contribution >= 4 is 16.7 Å². The number of carbonyl (C=O) groups is 1. The van der Waals surface area contributed by atoms with Crippen LogP contribution in [0.4, 0.5) is 0 Å². The lowest BCUT2D eigenvalue weighted by molar-refractivity contribution is 0.0956. The predicted molar refractivity (Wildman–Crippen MR) is 77.9 cm³/mol. The summed E-state index contributed by atoms with van der Waals surface area (Å²) in [6.45, 7) is 8.59. The second-order valence-corrected chi connectivity index (χ2v) is 7.68. The van der Waals surface area contributed by atoms with Crippen LogP contribution in [0.25, 0.3) is 0 Å². The molecule has 0 heterocycles. The summed E-state index contributed by atoms with van der Waals surface area (Å²) in [5, 5.41) is 0. The molecule has 0 aromatic heterocycles. The van der Waals surface area contributed by atoms with Gasteiger partial charge < -0.3 is 0 Å². The summed E-state index contributed by atoms with van der Waals surface area (Å²) in [5.41, 5.74) is 0.847. The first-order chi connectivity index (χ1) is 8.04. The van der Waals surface area contributed by atoms with Crippen molar-refractivity contribution in [2.75, 3.05) is 11.5 Å². The number of hydrogen-bond acceptors (Lipinski definition) is 1. The van der Waals surface area contributed by atoms with Crippen LogP contribution in [-0.4, -0.2) is 22.0 Å². The minimum absolute atomic E-state index is 0.178. The summed E-state index contributed by atoms with van der Waals surface area (Å²) < 4.78 is -0.230. The second-order valence-electron chi connectivity index (χ2n) is 4.69. The monoisotopic (exact) mass is 251 g/mol. The zero-order valence-electron chi connectivity index (χ0n) is 11.3. The lowest BCUT2D eigenvalue weighted by atomic mass is 10.0. The van der Waals surface area contributed by atoms with E-state index in [9.17, 15) is 4.79 Å². The summed E-state index contributed by atoms with van der Waals surface area (Å²) in [6.07, 6.45) is 1.16. The summed E-state index contributed by atoms with van der Waals surface area (Å²) >= 11 is 0. The number of ketones is 1. The van der Waals surface area contributed by atoms with Crippen molar-refractivity contribution in [2.45, 2.75) is 38.9 Å². The molecule has 0 radical (unpaired) electrons. The van der Waals surface area contributed by atoms with E-state index in [-0.39, 0.29) is 21.4 Å². The van der Waals surface area contributed by atoms with Crippen molar-refractivity contribution in [3.8, 4) is 0 Å². The highest BCUT2D eigenvalue weighted by Gasteiger charge is 2.43. The molecular formula is C15H23OS+. The van der Waals surface area contributed by atoms with Gasteiger partial charge in [0, 0.05) is 16.5 Å². The Hall–Kier alpha value is -0.760. The fourth-order valence-electron chi connectivity index (χ4n) is 2.07. The molecule has 1 rings (SSSR count). The average Bonchev–Trinajstić information content (AvgIpc) is 2.35. The van der Waals surface area contributed by atoms with Gasteiger partial charge in [-0.1, -0.05) is 37.3 Å². The quantitative estimate of drug-likeness (QED) is 0.556. The summed E-state index contributed by atoms with van der Waals surface area (Å²) in [6, 6.07) is 9.68. The van der Waals surface area contributed by atoms with E-state index in [2.05, 4.69) is 27.7 Å². The van der Waals surface area contributed by atoms with E-state index in [1.54, 1.807) is 0 Å². The lowest BCUT2D eigenvalue weighted by Crippen LogP contribution is -2.43. The Balaban J connectivity index is 2.93. The van der Waals surface area contributed by atoms with Crippen molar-refractivity contribution in [3.63, 3.8) is 0 Å². The first kappa shape index (κ1) is 14.3. The van der Waals surface area contributed by atoms with Crippen molar-refractivity contribution in [1.82, 2.24) is 0 Å². The van der Waals surface area contributed by atoms with E-state index in [0.29, 0.717) is 0 Å². The number of Topliss-reactive ketones (excluding diaryl/α,β-unsaturated/α-hetero) is 1. The van der Waals surface area contributed by atoms with Gasteiger partial charge in [-0.15, -0.1) is 0 Å². The van der Waals surface area contributed by atoms with Gasteiger partial charge in [0.1, 0.15) is 11.5 Å². The molecule has 94 valence electrons. The van der Waals surface area contributed by atoms with Crippen LogP contribution in [0.3, 0.4) is 0 Å². The van der Waals surface area contributed by atoms with Crippen LogP contribution >= 0.6 is 0 Å². The van der Waals surface area contributed by atoms with Crippen LogP contribution in [0, 0.1) is 0 Å². The minimum Gasteiger partial charge on any atom is -0.288 e. The largest absolute Gasteiger partial charge is 0.288 e. The number of carbonyl (C=O) groups excluding carboxylic acids is 1. The van der Waals surface area contributed by atoms with E-state index < -0.39 is 0 Å². The molecular weight excluding hydrogens is 228 g/mol. The summed E-state index contributed by atoms with van der Waals surface area (Å²) in [7, 11) is 0.178. The molecule has 1 aromatic carbocycles.